The van der Waals surface area contributed by atoms with Crippen molar-refractivity contribution in [2.75, 3.05) is 13.7 Å². The first-order valence-electron chi connectivity index (χ1n) is 7.02. The van der Waals surface area contributed by atoms with Crippen molar-refractivity contribution >= 4 is 17.8 Å². The number of carbonyl (C=O) groups is 2. The molecule has 1 heterocycles. The van der Waals surface area contributed by atoms with Gasteiger partial charge in [0, 0.05) is 14.0 Å². The van der Waals surface area contributed by atoms with Crippen molar-refractivity contribution in [1.82, 2.24) is 10.6 Å². The number of carbonyl (C=O) groups excluding carboxylic acids is 1. The van der Waals surface area contributed by atoms with Gasteiger partial charge in [-0.05, 0) is 6.08 Å². The molecule has 11 nitrogen and oxygen atoms in total. The highest BCUT2D eigenvalue weighted by Gasteiger charge is 2.44. The van der Waals surface area contributed by atoms with Crippen LogP contribution in [0.5, 0.6) is 0 Å². The van der Waals surface area contributed by atoms with Gasteiger partial charge in [-0.2, -0.15) is 0 Å². The van der Waals surface area contributed by atoms with E-state index in [2.05, 4.69) is 10.6 Å². The summed E-state index contributed by atoms with van der Waals surface area (Å²) >= 11 is 0. The van der Waals surface area contributed by atoms with Crippen LogP contribution in [0.25, 0.3) is 0 Å². The summed E-state index contributed by atoms with van der Waals surface area (Å²) < 4.78 is 10.5. The summed E-state index contributed by atoms with van der Waals surface area (Å²) in [5.41, 5.74) is 5.30. The predicted octanol–water partition coefficient (Wildman–Crippen LogP) is -2.92. The Labute approximate surface area is 137 Å². The molecule has 0 radical (unpaired) electrons. The van der Waals surface area contributed by atoms with E-state index in [1.165, 1.54) is 14.0 Å². The summed E-state index contributed by atoms with van der Waals surface area (Å²) in [5.74, 6) is -2.75. The maximum atomic E-state index is 11.5. The smallest absolute Gasteiger partial charge is 0.370 e. The first kappa shape index (κ1) is 19.7. The third-order valence-electron chi connectivity index (χ3n) is 3.40. The number of carboxylic acid groups (broad SMARTS) is 1. The van der Waals surface area contributed by atoms with Crippen molar-refractivity contribution in [1.29, 1.82) is 5.41 Å². The number of guanidine groups is 1. The summed E-state index contributed by atoms with van der Waals surface area (Å²) in [6.07, 6.45) is -2.54. The minimum atomic E-state index is -1.39. The average Bonchev–Trinajstić information content (AvgIpc) is 2.49. The molecule has 0 saturated heterocycles. The van der Waals surface area contributed by atoms with E-state index in [0.717, 1.165) is 6.08 Å². The lowest BCUT2D eigenvalue weighted by atomic mass is 9.92. The van der Waals surface area contributed by atoms with Crippen LogP contribution in [0.2, 0.25) is 0 Å². The van der Waals surface area contributed by atoms with E-state index in [-0.39, 0.29) is 0 Å². The Morgan fingerprint density at radius 2 is 2.12 bits per heavy atom. The van der Waals surface area contributed by atoms with E-state index >= 15 is 0 Å². The minimum Gasteiger partial charge on any atom is -0.478 e. The number of aliphatic carboxylic acids is 1. The molecule has 0 bridgehead atoms. The van der Waals surface area contributed by atoms with Gasteiger partial charge in [0.05, 0.1) is 18.7 Å². The van der Waals surface area contributed by atoms with Crippen molar-refractivity contribution in [2.45, 2.75) is 37.3 Å². The van der Waals surface area contributed by atoms with Gasteiger partial charge in [-0.25, -0.2) is 4.79 Å². The van der Waals surface area contributed by atoms with Crippen molar-refractivity contribution in [3.63, 3.8) is 0 Å². The molecule has 136 valence electrons. The number of aliphatic hydroxyl groups is 2. The van der Waals surface area contributed by atoms with Gasteiger partial charge in [0.25, 0.3) is 0 Å². The van der Waals surface area contributed by atoms with Gasteiger partial charge in [0.2, 0.25) is 11.7 Å². The normalized spacial score (nSPS) is 25.7. The molecule has 0 aromatic rings. The molecule has 8 N–H and O–H groups in total. The van der Waals surface area contributed by atoms with E-state index in [4.69, 9.17) is 25.7 Å². The summed E-state index contributed by atoms with van der Waals surface area (Å²) in [6.45, 7) is 0.574. The molecular weight excluding hydrogens is 324 g/mol. The first-order chi connectivity index (χ1) is 11.2. The highest BCUT2D eigenvalue weighted by Crippen LogP contribution is 2.24. The van der Waals surface area contributed by atoms with Gasteiger partial charge in [-0.1, -0.05) is 0 Å². The second-order valence-electron chi connectivity index (χ2n) is 5.18. The number of ether oxygens (including phenoxy) is 2. The summed E-state index contributed by atoms with van der Waals surface area (Å²) in [6, 6.07) is -1.82. The van der Waals surface area contributed by atoms with Crippen LogP contribution >= 0.6 is 0 Å². The molecule has 24 heavy (non-hydrogen) atoms. The van der Waals surface area contributed by atoms with Gasteiger partial charge >= 0.3 is 5.97 Å². The second kappa shape index (κ2) is 8.47. The lowest BCUT2D eigenvalue weighted by Crippen LogP contribution is -2.64. The SMILES string of the molecule is COC(C1OC(C(=O)O)=C[C@H](NC(=N)N)C1NC(C)=O)[C@H](O)CO. The van der Waals surface area contributed by atoms with Crippen LogP contribution in [0.4, 0.5) is 0 Å². The average molecular weight is 346 g/mol. The molecule has 1 rings (SSSR count). The lowest BCUT2D eigenvalue weighted by Gasteiger charge is -2.41. The standard InChI is InChI=1S/C13H22N4O7/c1-5(19)16-9-6(17-13(14)15)3-8(12(21)22)24-11(9)10(23-2)7(20)4-18/h3,6-7,9-11,18,20H,4H2,1-2H3,(H,16,19)(H,21,22)(H4,14,15,17)/t6-,7+,9?,10?,11?/m0/s1. The molecule has 3 unspecified atom stereocenters. The van der Waals surface area contributed by atoms with Crippen molar-refractivity contribution in [3.8, 4) is 0 Å². The topological polar surface area (TPSA) is 187 Å². The molecule has 1 amide bonds. The van der Waals surface area contributed by atoms with Crippen LogP contribution < -0.4 is 16.4 Å². The maximum Gasteiger partial charge on any atom is 0.370 e. The number of rotatable bonds is 7. The Kier molecular flexibility index (Phi) is 6.95. The molecule has 1 aliphatic rings. The van der Waals surface area contributed by atoms with E-state index in [0.29, 0.717) is 0 Å². The minimum absolute atomic E-state index is 0.450. The molecule has 0 fully saturated rings. The zero-order chi connectivity index (χ0) is 18.4. The van der Waals surface area contributed by atoms with Crippen molar-refractivity contribution in [2.24, 2.45) is 5.73 Å². The van der Waals surface area contributed by atoms with Crippen LogP contribution in [-0.2, 0) is 19.1 Å². The van der Waals surface area contributed by atoms with Crippen LogP contribution in [0.1, 0.15) is 6.92 Å². The number of carboxylic acids is 1. The Morgan fingerprint density at radius 3 is 2.54 bits per heavy atom. The maximum absolute atomic E-state index is 11.5. The van der Waals surface area contributed by atoms with E-state index in [1.54, 1.807) is 0 Å². The number of hydrogen-bond acceptors (Lipinski definition) is 7. The fraction of sp³-hybridized carbons (Fsp3) is 0.615. The summed E-state index contributed by atoms with van der Waals surface area (Å²) in [7, 11) is 1.24. The third kappa shape index (κ3) is 4.81. The lowest BCUT2D eigenvalue weighted by molar-refractivity contribution is -0.149. The number of hydrogen-bond donors (Lipinski definition) is 7. The molecule has 1 aliphatic heterocycles. The fourth-order valence-corrected chi connectivity index (χ4v) is 2.46. The molecule has 0 aromatic carbocycles. The highest BCUT2D eigenvalue weighted by molar-refractivity contribution is 5.85. The zero-order valence-corrected chi connectivity index (χ0v) is 13.2. The van der Waals surface area contributed by atoms with Gasteiger partial charge in [0.15, 0.2) is 12.1 Å². The van der Waals surface area contributed by atoms with Gasteiger partial charge in [-0.3, -0.25) is 10.2 Å². The number of aliphatic hydroxyl groups excluding tert-OH is 2. The Balaban J connectivity index is 3.29. The molecule has 0 spiro atoms. The second-order valence-corrected chi connectivity index (χ2v) is 5.18. The van der Waals surface area contributed by atoms with Crippen molar-refractivity contribution in [3.05, 3.63) is 11.8 Å². The Hall–Kier alpha value is -2.37. The third-order valence-corrected chi connectivity index (χ3v) is 3.40. The molecule has 5 atom stereocenters. The molecule has 0 saturated carbocycles. The fourth-order valence-electron chi connectivity index (χ4n) is 2.46. The van der Waals surface area contributed by atoms with E-state index in [9.17, 15) is 19.8 Å². The van der Waals surface area contributed by atoms with Crippen molar-refractivity contribution < 1.29 is 34.4 Å². The van der Waals surface area contributed by atoms with Gasteiger partial charge in [0.1, 0.15) is 12.2 Å². The van der Waals surface area contributed by atoms with Gasteiger partial charge in [-0.15, -0.1) is 0 Å². The van der Waals surface area contributed by atoms with Gasteiger partial charge < -0.3 is 41.2 Å². The van der Waals surface area contributed by atoms with Crippen LogP contribution in [0, 0.1) is 5.41 Å². The number of methoxy groups -OCH3 is 1. The molecular formula is C13H22N4O7. The monoisotopic (exact) mass is 346 g/mol. The predicted molar refractivity (Wildman–Crippen MR) is 80.9 cm³/mol. The first-order valence-corrected chi connectivity index (χ1v) is 7.02. The van der Waals surface area contributed by atoms with Crippen LogP contribution in [-0.4, -0.2) is 77.3 Å². The molecule has 0 aliphatic carbocycles. The Morgan fingerprint density at radius 1 is 1.50 bits per heavy atom. The highest BCUT2D eigenvalue weighted by atomic mass is 16.6. The number of amides is 1. The van der Waals surface area contributed by atoms with Crippen LogP contribution in [0.15, 0.2) is 11.8 Å². The van der Waals surface area contributed by atoms with Crippen LogP contribution in [0.3, 0.4) is 0 Å². The summed E-state index contributed by atoms with van der Waals surface area (Å²) in [4.78, 5) is 22.7. The van der Waals surface area contributed by atoms with E-state index < -0.39 is 60.6 Å². The number of nitrogens with two attached hydrogens (primary N) is 1. The number of nitrogens with one attached hydrogen (secondary N) is 3. The molecule has 11 heteroatoms. The largest absolute Gasteiger partial charge is 0.478 e. The summed E-state index contributed by atoms with van der Waals surface area (Å²) in [5, 5.41) is 40.6. The van der Waals surface area contributed by atoms with E-state index in [1.807, 2.05) is 0 Å². The Bertz CT molecular complexity index is 524. The quantitative estimate of drug-likeness (QED) is 0.187. The zero-order valence-electron chi connectivity index (χ0n) is 13.2. The molecule has 0 aromatic heterocycles.